The first-order valence-corrected chi connectivity index (χ1v) is 7.17. The second-order valence-electron chi connectivity index (χ2n) is 6.52. The van der Waals surface area contributed by atoms with Crippen molar-refractivity contribution in [2.75, 3.05) is 33.5 Å². The third-order valence-electron chi connectivity index (χ3n) is 2.83. The summed E-state index contributed by atoms with van der Waals surface area (Å²) in [4.78, 5) is 0. The van der Waals surface area contributed by atoms with E-state index in [4.69, 9.17) is 9.47 Å². The molecule has 3 heteroatoms. The van der Waals surface area contributed by atoms with Gasteiger partial charge in [0.1, 0.15) is 0 Å². The maximum absolute atomic E-state index is 5.57. The highest BCUT2D eigenvalue weighted by Gasteiger charge is 2.15. The van der Waals surface area contributed by atoms with Crippen molar-refractivity contribution in [1.82, 2.24) is 5.32 Å². The molecule has 1 atom stereocenters. The normalized spacial score (nSPS) is 14.2. The molecule has 0 heterocycles. The summed E-state index contributed by atoms with van der Waals surface area (Å²) < 4.78 is 10.5. The van der Waals surface area contributed by atoms with Crippen LogP contribution in [0, 0.1) is 11.8 Å². The molecule has 0 rings (SSSR count). The average molecular weight is 259 g/mol. The van der Waals surface area contributed by atoms with Gasteiger partial charge in [0.25, 0.3) is 0 Å². The van der Waals surface area contributed by atoms with Crippen molar-refractivity contribution in [3.63, 3.8) is 0 Å². The molecule has 110 valence electrons. The van der Waals surface area contributed by atoms with Crippen molar-refractivity contribution in [3.05, 3.63) is 0 Å². The Hall–Kier alpha value is -0.120. The third-order valence-corrected chi connectivity index (χ3v) is 2.83. The van der Waals surface area contributed by atoms with Crippen LogP contribution in [0.4, 0.5) is 0 Å². The third kappa shape index (κ3) is 12.3. The van der Waals surface area contributed by atoms with Crippen LogP contribution in [0.15, 0.2) is 0 Å². The van der Waals surface area contributed by atoms with Gasteiger partial charge in [0, 0.05) is 19.3 Å². The topological polar surface area (TPSA) is 30.5 Å². The van der Waals surface area contributed by atoms with Crippen molar-refractivity contribution in [2.45, 2.75) is 53.0 Å². The van der Waals surface area contributed by atoms with Gasteiger partial charge in [0.15, 0.2) is 0 Å². The minimum Gasteiger partial charge on any atom is -0.382 e. The Morgan fingerprint density at radius 3 is 2.22 bits per heavy atom. The zero-order chi connectivity index (χ0) is 14.0. The number of hydrogen-bond acceptors (Lipinski definition) is 3. The fourth-order valence-electron chi connectivity index (χ4n) is 1.91. The van der Waals surface area contributed by atoms with Gasteiger partial charge in [-0.05, 0) is 52.0 Å². The molecule has 0 spiro atoms. The molecule has 0 aliphatic heterocycles. The summed E-state index contributed by atoms with van der Waals surface area (Å²) in [6.45, 7) is 14.5. The zero-order valence-electron chi connectivity index (χ0n) is 13.2. The van der Waals surface area contributed by atoms with Crippen LogP contribution in [0.3, 0.4) is 0 Å². The van der Waals surface area contributed by atoms with E-state index < -0.39 is 0 Å². The minimum absolute atomic E-state index is 0.201. The lowest BCUT2D eigenvalue weighted by molar-refractivity contribution is 0.0619. The van der Waals surface area contributed by atoms with Crippen LogP contribution in [0.25, 0.3) is 0 Å². The molecule has 0 amide bonds. The second kappa shape index (κ2) is 9.76. The van der Waals surface area contributed by atoms with Crippen molar-refractivity contribution >= 4 is 0 Å². The average Bonchev–Trinajstić information content (AvgIpc) is 2.23. The molecule has 0 saturated carbocycles. The first kappa shape index (κ1) is 17.9. The first-order valence-electron chi connectivity index (χ1n) is 7.17. The lowest BCUT2D eigenvalue weighted by Crippen LogP contribution is -2.39. The molecule has 0 radical (unpaired) electrons. The fourth-order valence-corrected chi connectivity index (χ4v) is 1.91. The highest BCUT2D eigenvalue weighted by molar-refractivity contribution is 4.74. The van der Waals surface area contributed by atoms with Gasteiger partial charge in [0.05, 0.1) is 13.2 Å². The first-order chi connectivity index (χ1) is 8.35. The van der Waals surface area contributed by atoms with E-state index in [0.29, 0.717) is 19.1 Å². The summed E-state index contributed by atoms with van der Waals surface area (Å²) in [7, 11) is 1.71. The highest BCUT2D eigenvalue weighted by atomic mass is 16.5. The molecule has 0 aromatic heterocycles. The Bertz CT molecular complexity index is 187. The summed E-state index contributed by atoms with van der Waals surface area (Å²) in [6.07, 6.45) is 2.39. The summed E-state index contributed by atoms with van der Waals surface area (Å²) in [6, 6.07) is 0. The van der Waals surface area contributed by atoms with Gasteiger partial charge >= 0.3 is 0 Å². The lowest BCUT2D eigenvalue weighted by atomic mass is 9.93. The highest BCUT2D eigenvalue weighted by Crippen LogP contribution is 2.16. The van der Waals surface area contributed by atoms with E-state index in [1.807, 2.05) is 0 Å². The van der Waals surface area contributed by atoms with Crippen LogP contribution in [0.5, 0.6) is 0 Å². The van der Waals surface area contributed by atoms with Crippen LogP contribution >= 0.6 is 0 Å². The lowest BCUT2D eigenvalue weighted by Gasteiger charge is -2.26. The van der Waals surface area contributed by atoms with Crippen LogP contribution in [0.1, 0.15) is 47.5 Å². The smallest absolute Gasteiger partial charge is 0.0700 e. The molecule has 3 nitrogen and oxygen atoms in total. The molecule has 0 aliphatic carbocycles. The molecule has 0 aromatic rings. The van der Waals surface area contributed by atoms with Crippen LogP contribution in [0.2, 0.25) is 0 Å². The van der Waals surface area contributed by atoms with Gasteiger partial charge in [-0.2, -0.15) is 0 Å². The number of nitrogens with one attached hydrogen (secondary N) is 1. The van der Waals surface area contributed by atoms with E-state index in [0.717, 1.165) is 25.5 Å². The number of rotatable bonds is 10. The quantitative estimate of drug-likeness (QED) is 0.612. The van der Waals surface area contributed by atoms with Gasteiger partial charge in [-0.3, -0.25) is 0 Å². The Balaban J connectivity index is 3.84. The molecular weight excluding hydrogens is 226 g/mol. The largest absolute Gasteiger partial charge is 0.382 e. The minimum atomic E-state index is 0.201. The summed E-state index contributed by atoms with van der Waals surface area (Å²) in [5.41, 5.74) is 0.201. The molecule has 0 saturated heterocycles. The van der Waals surface area contributed by atoms with Gasteiger partial charge in [-0.25, -0.2) is 0 Å². The number of hydrogen-bond donors (Lipinski definition) is 1. The van der Waals surface area contributed by atoms with Crippen molar-refractivity contribution < 1.29 is 9.47 Å². The van der Waals surface area contributed by atoms with E-state index in [-0.39, 0.29) is 5.54 Å². The SMILES string of the molecule is COCCOCCC(CNC(C)(C)C)CC(C)C. The van der Waals surface area contributed by atoms with Gasteiger partial charge < -0.3 is 14.8 Å². The Morgan fingerprint density at radius 2 is 1.72 bits per heavy atom. The molecule has 1 N–H and O–H groups in total. The molecule has 0 aromatic carbocycles. The van der Waals surface area contributed by atoms with Crippen LogP contribution < -0.4 is 5.32 Å². The monoisotopic (exact) mass is 259 g/mol. The molecule has 1 unspecified atom stereocenters. The number of methoxy groups -OCH3 is 1. The maximum atomic E-state index is 5.57. The van der Waals surface area contributed by atoms with Gasteiger partial charge in [-0.1, -0.05) is 13.8 Å². The molecule has 18 heavy (non-hydrogen) atoms. The molecular formula is C15H33NO2. The Kier molecular flexibility index (Phi) is 9.70. The predicted octanol–water partition coefficient (Wildman–Crippen LogP) is 3.09. The van der Waals surface area contributed by atoms with Crippen molar-refractivity contribution in [2.24, 2.45) is 11.8 Å². The van der Waals surface area contributed by atoms with E-state index in [1.165, 1.54) is 6.42 Å². The zero-order valence-corrected chi connectivity index (χ0v) is 13.2. The molecule has 0 bridgehead atoms. The molecule has 0 fully saturated rings. The fraction of sp³-hybridized carbons (Fsp3) is 1.00. The van der Waals surface area contributed by atoms with E-state index in [2.05, 4.69) is 39.9 Å². The van der Waals surface area contributed by atoms with Crippen LogP contribution in [-0.4, -0.2) is 39.0 Å². The standard InChI is InChI=1S/C15H33NO2/c1-13(2)11-14(12-16-15(3,4)5)7-8-18-10-9-17-6/h13-14,16H,7-12H2,1-6H3. The van der Waals surface area contributed by atoms with E-state index in [1.54, 1.807) is 7.11 Å². The van der Waals surface area contributed by atoms with E-state index >= 15 is 0 Å². The van der Waals surface area contributed by atoms with Gasteiger partial charge in [0.2, 0.25) is 0 Å². The van der Waals surface area contributed by atoms with Crippen molar-refractivity contribution in [3.8, 4) is 0 Å². The van der Waals surface area contributed by atoms with Crippen molar-refractivity contribution in [1.29, 1.82) is 0 Å². The summed E-state index contributed by atoms with van der Waals surface area (Å²) in [5, 5.41) is 3.60. The molecule has 0 aliphatic rings. The predicted molar refractivity (Wildman–Crippen MR) is 78.0 cm³/mol. The van der Waals surface area contributed by atoms with Crippen LogP contribution in [-0.2, 0) is 9.47 Å². The second-order valence-corrected chi connectivity index (χ2v) is 6.52. The Morgan fingerprint density at radius 1 is 1.06 bits per heavy atom. The summed E-state index contributed by atoms with van der Waals surface area (Å²) in [5.74, 6) is 1.45. The number of ether oxygens (including phenoxy) is 2. The Labute approximate surface area is 114 Å². The van der Waals surface area contributed by atoms with Gasteiger partial charge in [-0.15, -0.1) is 0 Å². The summed E-state index contributed by atoms with van der Waals surface area (Å²) >= 11 is 0. The maximum Gasteiger partial charge on any atom is 0.0700 e. The van der Waals surface area contributed by atoms with E-state index in [9.17, 15) is 0 Å².